The number of carbonyl (C=O) groups is 2. The first kappa shape index (κ1) is 76.2. The fourth-order valence-electron chi connectivity index (χ4n) is 10.0. The Labute approximate surface area is 485 Å². The summed E-state index contributed by atoms with van der Waals surface area (Å²) < 4.78 is 30.7. The summed E-state index contributed by atoms with van der Waals surface area (Å²) in [6, 6.07) is -0.851. The van der Waals surface area contributed by atoms with Gasteiger partial charge in [-0.1, -0.05) is 276 Å². The number of hydrogen-bond acceptors (Lipinski definition) is 6. The van der Waals surface area contributed by atoms with E-state index in [0.29, 0.717) is 17.4 Å². The largest absolute Gasteiger partial charge is 0.472 e. The maximum absolute atomic E-state index is 13.6. The maximum Gasteiger partial charge on any atom is 0.472 e. The van der Waals surface area contributed by atoms with Gasteiger partial charge in [-0.3, -0.25) is 18.6 Å². The quantitative estimate of drug-likeness (QED) is 0.0205. The number of likely N-dealkylation sites (N-methyl/N-ethyl adjacent to an activating group) is 1. The smallest absolute Gasteiger partial charge is 0.456 e. The van der Waals surface area contributed by atoms with Crippen molar-refractivity contribution < 1.29 is 37.3 Å². The second-order valence-corrected chi connectivity index (χ2v) is 25.8. The zero-order valence-electron chi connectivity index (χ0n) is 52.7. The Morgan fingerprint density at radius 1 is 0.436 bits per heavy atom. The normalized spacial score (nSPS) is 13.8. The van der Waals surface area contributed by atoms with E-state index in [4.69, 9.17) is 13.8 Å². The van der Waals surface area contributed by atoms with Crippen molar-refractivity contribution in [1.29, 1.82) is 0 Å². The first-order valence-corrected chi connectivity index (χ1v) is 35.3. The molecular formula is C68H132N2O7P+. The third-order valence-corrected chi connectivity index (χ3v) is 16.3. The van der Waals surface area contributed by atoms with E-state index >= 15 is 0 Å². The number of rotatable bonds is 62. The molecule has 0 fully saturated rings. The average molecular weight is 1120 g/mol. The number of ether oxygens (including phenoxy) is 1. The number of esters is 1. The summed E-state index contributed by atoms with van der Waals surface area (Å²) in [7, 11) is 1.50. The summed E-state index contributed by atoms with van der Waals surface area (Å²) in [5.41, 5.74) is 0. The standard InChI is InChI=1S/C68H131N2O7P/c1-7-10-13-16-19-22-25-28-30-31-32-33-34-35-36-37-38-39-40-42-45-48-51-54-57-60-67(71)69-65(64-76-78(73,74)75-63-62-70(4,5)6)66(59-56-53-50-47-44-41-27-24-21-18-15-12-9-3)77-68(72)61-58-55-52-49-46-43-29-26-23-20-17-14-11-8-2/h28,30,43,46,56,59,65-66H,7-27,29,31-42,44-45,47-55,57-58,60-64H2,1-6H3,(H-,69,71,73,74)/p+1/b30-28+,46-43-,59-56-. The topological polar surface area (TPSA) is 111 Å². The van der Waals surface area contributed by atoms with Crippen molar-refractivity contribution in [3.8, 4) is 0 Å². The number of phosphoric acid groups is 1. The van der Waals surface area contributed by atoms with Crippen LogP contribution in [0.2, 0.25) is 0 Å². The second-order valence-electron chi connectivity index (χ2n) is 24.3. The van der Waals surface area contributed by atoms with Crippen LogP contribution in [-0.4, -0.2) is 74.3 Å². The van der Waals surface area contributed by atoms with E-state index in [1.54, 1.807) is 0 Å². The second kappa shape index (κ2) is 58.4. The van der Waals surface area contributed by atoms with Crippen LogP contribution in [0.25, 0.3) is 0 Å². The van der Waals surface area contributed by atoms with Gasteiger partial charge in [0.1, 0.15) is 19.3 Å². The molecule has 0 aromatic rings. The molecule has 0 aliphatic rings. The molecule has 2 N–H and O–H groups in total. The van der Waals surface area contributed by atoms with E-state index in [9.17, 15) is 19.0 Å². The van der Waals surface area contributed by atoms with E-state index in [-0.39, 0.29) is 31.5 Å². The van der Waals surface area contributed by atoms with Gasteiger partial charge < -0.3 is 19.4 Å². The van der Waals surface area contributed by atoms with Gasteiger partial charge in [-0.25, -0.2) is 4.57 Å². The van der Waals surface area contributed by atoms with Crippen LogP contribution in [0, 0.1) is 0 Å². The number of amides is 1. The summed E-state index contributed by atoms with van der Waals surface area (Å²) in [5, 5.41) is 3.07. The first-order chi connectivity index (χ1) is 37.9. The Morgan fingerprint density at radius 2 is 0.744 bits per heavy atom. The number of nitrogens with zero attached hydrogens (tertiary/aromatic N) is 1. The molecule has 78 heavy (non-hydrogen) atoms. The van der Waals surface area contributed by atoms with Crippen molar-refractivity contribution in [2.45, 2.75) is 348 Å². The maximum atomic E-state index is 13.6. The molecule has 3 unspecified atom stereocenters. The van der Waals surface area contributed by atoms with E-state index < -0.39 is 20.0 Å². The summed E-state index contributed by atoms with van der Waals surface area (Å²) in [6.07, 6.45) is 71.5. The molecule has 0 aliphatic heterocycles. The highest BCUT2D eigenvalue weighted by molar-refractivity contribution is 7.47. The molecule has 9 nitrogen and oxygen atoms in total. The molecule has 0 aromatic carbocycles. The Balaban J connectivity index is 5.08. The van der Waals surface area contributed by atoms with Gasteiger partial charge in [-0.05, 0) is 83.1 Å². The number of unbranched alkanes of at least 4 members (excludes halogenated alkanes) is 42. The third kappa shape index (κ3) is 58.9. The predicted octanol–water partition coefficient (Wildman–Crippen LogP) is 21.1. The minimum absolute atomic E-state index is 0.0404. The fourth-order valence-corrected chi connectivity index (χ4v) is 10.8. The minimum Gasteiger partial charge on any atom is -0.456 e. The summed E-state index contributed by atoms with van der Waals surface area (Å²) in [6.45, 7) is 7.04. The molecular weight excluding hydrogens is 988 g/mol. The van der Waals surface area contributed by atoms with Crippen LogP contribution in [0.5, 0.6) is 0 Å². The lowest BCUT2D eigenvalue weighted by atomic mass is 10.0. The number of quaternary nitrogens is 1. The Kier molecular flexibility index (Phi) is 57.1. The molecule has 0 radical (unpaired) electrons. The van der Waals surface area contributed by atoms with Gasteiger partial charge in [-0.15, -0.1) is 0 Å². The van der Waals surface area contributed by atoms with Crippen molar-refractivity contribution in [3.63, 3.8) is 0 Å². The van der Waals surface area contributed by atoms with E-state index in [0.717, 1.165) is 70.6 Å². The Hall–Kier alpha value is -1.77. The molecule has 0 aromatic heterocycles. The van der Waals surface area contributed by atoms with Crippen molar-refractivity contribution >= 4 is 19.7 Å². The lowest BCUT2D eigenvalue weighted by Crippen LogP contribution is -2.47. The highest BCUT2D eigenvalue weighted by Gasteiger charge is 2.30. The average Bonchev–Trinajstić information content (AvgIpc) is 3.40. The fraction of sp³-hybridized carbons (Fsp3) is 0.882. The van der Waals surface area contributed by atoms with Crippen molar-refractivity contribution in [3.05, 3.63) is 36.5 Å². The van der Waals surface area contributed by atoms with Gasteiger partial charge in [0, 0.05) is 12.8 Å². The van der Waals surface area contributed by atoms with Crippen LogP contribution in [0.4, 0.5) is 0 Å². The van der Waals surface area contributed by atoms with Crippen LogP contribution in [-0.2, 0) is 27.9 Å². The van der Waals surface area contributed by atoms with Crippen molar-refractivity contribution in [1.82, 2.24) is 5.32 Å². The molecule has 0 saturated carbocycles. The Morgan fingerprint density at radius 3 is 1.10 bits per heavy atom. The van der Waals surface area contributed by atoms with Crippen LogP contribution in [0.15, 0.2) is 36.5 Å². The van der Waals surface area contributed by atoms with Gasteiger partial charge >= 0.3 is 13.8 Å². The molecule has 0 spiro atoms. The van der Waals surface area contributed by atoms with Crippen molar-refractivity contribution in [2.75, 3.05) is 40.9 Å². The lowest BCUT2D eigenvalue weighted by molar-refractivity contribution is -0.870. The zero-order valence-corrected chi connectivity index (χ0v) is 53.6. The zero-order chi connectivity index (χ0) is 57.2. The minimum atomic E-state index is -4.45. The Bertz CT molecular complexity index is 1430. The number of phosphoric ester groups is 1. The third-order valence-electron chi connectivity index (χ3n) is 15.3. The summed E-state index contributed by atoms with van der Waals surface area (Å²) in [5.74, 6) is -0.508. The van der Waals surface area contributed by atoms with E-state index in [1.165, 1.54) is 231 Å². The molecule has 10 heteroatoms. The lowest BCUT2D eigenvalue weighted by Gasteiger charge is -2.27. The first-order valence-electron chi connectivity index (χ1n) is 33.8. The van der Waals surface area contributed by atoms with Crippen LogP contribution in [0.3, 0.4) is 0 Å². The van der Waals surface area contributed by atoms with Gasteiger partial charge in [0.25, 0.3) is 0 Å². The van der Waals surface area contributed by atoms with Gasteiger partial charge in [0.05, 0.1) is 33.8 Å². The van der Waals surface area contributed by atoms with E-state index in [2.05, 4.69) is 50.4 Å². The van der Waals surface area contributed by atoms with Gasteiger partial charge in [-0.2, -0.15) is 0 Å². The van der Waals surface area contributed by atoms with Crippen LogP contribution in [0.1, 0.15) is 335 Å². The van der Waals surface area contributed by atoms with E-state index in [1.807, 2.05) is 33.3 Å². The van der Waals surface area contributed by atoms with Crippen molar-refractivity contribution in [2.24, 2.45) is 0 Å². The number of allylic oxidation sites excluding steroid dienone is 5. The summed E-state index contributed by atoms with van der Waals surface area (Å²) in [4.78, 5) is 37.8. The number of carbonyl (C=O) groups excluding carboxylic acids is 2. The predicted molar refractivity (Wildman–Crippen MR) is 337 cm³/mol. The molecule has 0 rings (SSSR count). The number of hydrogen-bond donors (Lipinski definition) is 2. The summed E-state index contributed by atoms with van der Waals surface area (Å²) >= 11 is 0. The molecule has 0 saturated heterocycles. The van der Waals surface area contributed by atoms with Crippen LogP contribution >= 0.6 is 7.82 Å². The van der Waals surface area contributed by atoms with Crippen LogP contribution < -0.4 is 5.32 Å². The molecule has 0 aliphatic carbocycles. The molecule has 1 amide bonds. The highest BCUT2D eigenvalue weighted by atomic mass is 31.2. The highest BCUT2D eigenvalue weighted by Crippen LogP contribution is 2.43. The molecule has 460 valence electrons. The van der Waals surface area contributed by atoms with Gasteiger partial charge in [0.2, 0.25) is 5.91 Å². The molecule has 0 heterocycles. The van der Waals surface area contributed by atoms with Gasteiger partial charge in [0.15, 0.2) is 0 Å². The molecule has 0 bridgehead atoms. The SMILES string of the molecule is CCCCCCCC/C=C/CCCCCCCCCCCCCCCCCC(=O)NC(COP(=O)(O)OCC[N+](C)(C)C)C(/C=C\CCCCCCCCCCCCC)OC(=O)CCCCC/C=C\CCCCCCCCC. The monoisotopic (exact) mass is 1120 g/mol. The molecule has 3 atom stereocenters. The number of nitrogens with one attached hydrogen (secondary N) is 1.